The number of halogens is 1. The Morgan fingerprint density at radius 1 is 1.25 bits per heavy atom. The van der Waals surface area contributed by atoms with Gasteiger partial charge in [-0.3, -0.25) is 0 Å². The predicted molar refractivity (Wildman–Crippen MR) is 150 cm³/mol. The molecular formula is C28H33FN8O3. The molecule has 210 valence electrons. The first-order valence-corrected chi connectivity index (χ1v) is 12.9. The zero-order chi connectivity index (χ0) is 28.9. The maximum Gasteiger partial charge on any atom is 0.408 e. The van der Waals surface area contributed by atoms with Gasteiger partial charge in [-0.15, -0.1) is 10.2 Å². The summed E-state index contributed by atoms with van der Waals surface area (Å²) in [5, 5.41) is 21.1. The largest absolute Gasteiger partial charge is 0.507 e. The normalized spacial score (nSPS) is 15.6. The Kier molecular flexibility index (Phi) is 8.52. The maximum atomic E-state index is 14.9. The summed E-state index contributed by atoms with van der Waals surface area (Å²) in [6.07, 6.45) is 1.22. The van der Waals surface area contributed by atoms with Crippen LogP contribution in [-0.4, -0.2) is 69.2 Å². The second kappa shape index (κ2) is 12.0. The molecule has 0 bridgehead atoms. The van der Waals surface area contributed by atoms with Crippen LogP contribution >= 0.6 is 0 Å². The molecule has 0 radical (unpaired) electrons. The van der Waals surface area contributed by atoms with Crippen LogP contribution in [0.1, 0.15) is 39.9 Å². The maximum absolute atomic E-state index is 14.9. The molecule has 1 fully saturated rings. The summed E-state index contributed by atoms with van der Waals surface area (Å²) in [4.78, 5) is 24.1. The van der Waals surface area contributed by atoms with Gasteiger partial charge >= 0.3 is 6.09 Å². The summed E-state index contributed by atoms with van der Waals surface area (Å²) in [7, 11) is 0. The number of nitrogens with zero attached hydrogens (tertiary/aromatic N) is 6. The van der Waals surface area contributed by atoms with Gasteiger partial charge < -0.3 is 30.7 Å². The van der Waals surface area contributed by atoms with Crippen LogP contribution in [0.2, 0.25) is 0 Å². The number of rotatable bonds is 4. The van der Waals surface area contributed by atoms with Crippen molar-refractivity contribution in [2.24, 2.45) is 0 Å². The summed E-state index contributed by atoms with van der Waals surface area (Å²) in [6, 6.07) is 8.66. The van der Waals surface area contributed by atoms with Crippen molar-refractivity contribution in [3.63, 3.8) is 0 Å². The number of nitrogens with one attached hydrogen (secondary N) is 1. The Morgan fingerprint density at radius 2 is 2.02 bits per heavy atom. The van der Waals surface area contributed by atoms with Crippen molar-refractivity contribution in [1.82, 2.24) is 25.5 Å². The third kappa shape index (κ3) is 7.05. The molecule has 3 heterocycles. The zero-order valence-electron chi connectivity index (χ0n) is 23.0. The van der Waals surface area contributed by atoms with E-state index in [9.17, 15) is 14.3 Å². The third-order valence-electron chi connectivity index (χ3n) is 6.20. The molecular weight excluding hydrogens is 515 g/mol. The first-order valence-electron chi connectivity index (χ1n) is 12.9. The molecule has 3 aromatic rings. The average Bonchev–Trinajstić information content (AvgIpc) is 3.08. The molecule has 0 spiro atoms. The van der Waals surface area contributed by atoms with Crippen LogP contribution in [0.15, 0.2) is 36.5 Å². The van der Waals surface area contributed by atoms with Gasteiger partial charge in [-0.25, -0.2) is 19.2 Å². The van der Waals surface area contributed by atoms with Crippen molar-refractivity contribution >= 4 is 23.4 Å². The molecule has 1 aromatic carbocycles. The SMILES string of the molecule is C[C@@H]1CCN(c2cc(-c3ccccc3O)nnc2N)CCN1c1nc(C#CCNC(=O)OC(C)(C)C)ncc1F. The number of aromatic nitrogens is 4. The van der Waals surface area contributed by atoms with Gasteiger partial charge in [0, 0.05) is 31.2 Å². The van der Waals surface area contributed by atoms with E-state index >= 15 is 0 Å². The van der Waals surface area contributed by atoms with Crippen LogP contribution in [-0.2, 0) is 4.74 Å². The first-order chi connectivity index (χ1) is 19.0. The smallest absolute Gasteiger partial charge is 0.408 e. The number of benzene rings is 1. The molecule has 11 nitrogen and oxygen atoms in total. The average molecular weight is 549 g/mol. The number of anilines is 3. The molecule has 12 heteroatoms. The van der Waals surface area contributed by atoms with Gasteiger partial charge in [0.1, 0.15) is 11.4 Å². The lowest BCUT2D eigenvalue weighted by atomic mass is 10.1. The monoisotopic (exact) mass is 548 g/mol. The van der Waals surface area contributed by atoms with Crippen LogP contribution in [0, 0.1) is 17.7 Å². The zero-order valence-corrected chi connectivity index (χ0v) is 23.0. The van der Waals surface area contributed by atoms with Crippen molar-refractivity contribution in [3.05, 3.63) is 48.2 Å². The van der Waals surface area contributed by atoms with Crippen molar-refractivity contribution in [2.45, 2.75) is 45.8 Å². The molecule has 4 N–H and O–H groups in total. The van der Waals surface area contributed by atoms with Crippen molar-refractivity contribution in [1.29, 1.82) is 0 Å². The second-order valence-electron chi connectivity index (χ2n) is 10.4. The van der Waals surface area contributed by atoms with Gasteiger partial charge in [0.2, 0.25) is 5.82 Å². The number of hydrogen-bond acceptors (Lipinski definition) is 10. The lowest BCUT2D eigenvalue weighted by Crippen LogP contribution is -2.36. The fraction of sp³-hybridized carbons (Fsp3) is 0.393. The standard InChI is InChI=1S/C28H33FN8O3/c1-18-11-13-36(22-16-21(34-35-25(22)30)19-8-5-6-9-23(19)38)14-15-37(18)26-20(29)17-32-24(33-26)10-7-12-31-27(39)40-28(2,3)4/h5-6,8-9,16-18,38H,11-15H2,1-4H3,(H2,30,35)(H,31,39)/t18-/m1/s1. The van der Waals surface area contributed by atoms with Crippen LogP contribution in [0.5, 0.6) is 5.75 Å². The third-order valence-corrected chi connectivity index (χ3v) is 6.20. The highest BCUT2D eigenvalue weighted by atomic mass is 19.1. The second-order valence-corrected chi connectivity index (χ2v) is 10.4. The Labute approximate surface area is 232 Å². The number of carbonyl (C=O) groups is 1. The number of phenols is 1. The summed E-state index contributed by atoms with van der Waals surface area (Å²) < 4.78 is 20.1. The van der Waals surface area contributed by atoms with Crippen molar-refractivity contribution in [2.75, 3.05) is 41.7 Å². The predicted octanol–water partition coefficient (Wildman–Crippen LogP) is 3.34. The van der Waals surface area contributed by atoms with E-state index in [0.717, 1.165) is 6.20 Å². The minimum Gasteiger partial charge on any atom is -0.507 e. The van der Waals surface area contributed by atoms with Gasteiger partial charge in [0.25, 0.3) is 0 Å². The fourth-order valence-electron chi connectivity index (χ4n) is 4.25. The van der Waals surface area contributed by atoms with E-state index in [1.807, 2.05) is 24.0 Å². The first kappa shape index (κ1) is 28.4. The highest BCUT2D eigenvalue weighted by Gasteiger charge is 2.26. The fourth-order valence-corrected chi connectivity index (χ4v) is 4.25. The molecule has 0 aliphatic carbocycles. The highest BCUT2D eigenvalue weighted by Crippen LogP contribution is 2.32. The Balaban J connectivity index is 1.48. The van der Waals surface area contributed by atoms with Gasteiger partial charge in [-0.1, -0.05) is 18.1 Å². The lowest BCUT2D eigenvalue weighted by molar-refractivity contribution is 0.0535. The van der Waals surface area contributed by atoms with E-state index in [-0.39, 0.29) is 35.8 Å². The number of amides is 1. The number of nitrogens with two attached hydrogens (primary N) is 1. The number of nitrogen functional groups attached to an aromatic ring is 1. The van der Waals surface area contributed by atoms with Gasteiger partial charge in [-0.2, -0.15) is 0 Å². The lowest BCUT2D eigenvalue weighted by Gasteiger charge is -2.28. The van der Waals surface area contributed by atoms with Crippen molar-refractivity contribution < 1.29 is 19.0 Å². The summed E-state index contributed by atoms with van der Waals surface area (Å²) in [5.74, 6) is 5.66. The van der Waals surface area contributed by atoms with E-state index in [0.29, 0.717) is 43.0 Å². The minimum atomic E-state index is -0.612. The van der Waals surface area contributed by atoms with E-state index in [4.69, 9.17) is 10.5 Å². The van der Waals surface area contributed by atoms with E-state index in [1.54, 1.807) is 39.0 Å². The van der Waals surface area contributed by atoms with E-state index in [1.165, 1.54) is 0 Å². The van der Waals surface area contributed by atoms with Crippen LogP contribution < -0.4 is 20.9 Å². The number of para-hydroxylation sites is 1. The van der Waals surface area contributed by atoms with Crippen LogP contribution in [0.25, 0.3) is 11.3 Å². The Morgan fingerprint density at radius 3 is 2.77 bits per heavy atom. The quantitative estimate of drug-likeness (QED) is 0.416. The van der Waals surface area contributed by atoms with Gasteiger partial charge in [0.15, 0.2) is 17.5 Å². The summed E-state index contributed by atoms with van der Waals surface area (Å²) >= 11 is 0. The summed E-state index contributed by atoms with van der Waals surface area (Å²) in [5.41, 5.74) is 7.33. The van der Waals surface area contributed by atoms with Crippen molar-refractivity contribution in [3.8, 4) is 28.8 Å². The minimum absolute atomic E-state index is 0.0319. The molecule has 40 heavy (non-hydrogen) atoms. The molecule has 1 aliphatic rings. The van der Waals surface area contributed by atoms with Gasteiger partial charge in [0.05, 0.1) is 24.1 Å². The molecule has 0 unspecified atom stereocenters. The Hall–Kier alpha value is -4.66. The van der Waals surface area contributed by atoms with Gasteiger partial charge in [-0.05, 0) is 58.2 Å². The molecule has 0 saturated carbocycles. The number of phenolic OH excluding ortho intramolecular Hbond substituents is 1. The number of hydrogen-bond donors (Lipinski definition) is 3. The highest BCUT2D eigenvalue weighted by molar-refractivity contribution is 5.74. The van der Waals surface area contributed by atoms with Crippen LogP contribution in [0.4, 0.5) is 26.5 Å². The topological polar surface area (TPSA) is 143 Å². The molecule has 4 rings (SSSR count). The number of alkyl carbamates (subject to hydrolysis) is 1. The van der Waals surface area contributed by atoms with E-state index < -0.39 is 17.5 Å². The van der Waals surface area contributed by atoms with E-state index in [2.05, 4.69) is 42.2 Å². The molecule has 1 atom stereocenters. The molecule has 1 aliphatic heterocycles. The molecule has 1 saturated heterocycles. The Bertz CT molecular complexity index is 1430. The summed E-state index contributed by atoms with van der Waals surface area (Å²) in [6.45, 7) is 8.96. The molecule has 2 aromatic heterocycles. The molecule has 1 amide bonds. The van der Waals surface area contributed by atoms with Crippen LogP contribution in [0.3, 0.4) is 0 Å². The number of aromatic hydroxyl groups is 1. The number of carbonyl (C=O) groups excluding carboxylic acids is 1. The number of ether oxygens (including phenoxy) is 1.